The highest BCUT2D eigenvalue weighted by molar-refractivity contribution is 5.82. The molecular weight excluding hydrogens is 224 g/mol. The lowest BCUT2D eigenvalue weighted by Crippen LogP contribution is -2.46. The van der Waals surface area contributed by atoms with Crippen LogP contribution in [0.1, 0.15) is 66.2 Å². The number of nitrogens with one attached hydrogen (secondary N) is 1. The molecule has 0 atom stereocenters. The van der Waals surface area contributed by atoms with Crippen molar-refractivity contribution in [2.24, 2.45) is 17.1 Å². The van der Waals surface area contributed by atoms with Crippen molar-refractivity contribution in [3.8, 4) is 0 Å². The Morgan fingerprint density at radius 3 is 2.17 bits per heavy atom. The fourth-order valence-electron chi connectivity index (χ4n) is 2.51. The molecule has 0 saturated carbocycles. The average molecular weight is 256 g/mol. The summed E-state index contributed by atoms with van der Waals surface area (Å²) in [7, 11) is 0. The van der Waals surface area contributed by atoms with Gasteiger partial charge >= 0.3 is 0 Å². The standard InChI is InChI=1S/C15H32N2O/c1-5-9-15(12-16,10-6-2)14(18)17-11-7-8-13(3)4/h13H,5-12,16H2,1-4H3,(H,17,18). The maximum absolute atomic E-state index is 12.3. The molecular formula is C15H32N2O. The highest BCUT2D eigenvalue weighted by Crippen LogP contribution is 2.29. The van der Waals surface area contributed by atoms with Crippen molar-refractivity contribution in [3.63, 3.8) is 0 Å². The van der Waals surface area contributed by atoms with Gasteiger partial charge in [-0.25, -0.2) is 0 Å². The Morgan fingerprint density at radius 2 is 1.78 bits per heavy atom. The molecule has 0 aromatic rings. The van der Waals surface area contributed by atoms with E-state index in [1.54, 1.807) is 0 Å². The fourth-order valence-corrected chi connectivity index (χ4v) is 2.51. The first-order chi connectivity index (χ1) is 8.52. The van der Waals surface area contributed by atoms with E-state index in [0.717, 1.165) is 45.1 Å². The number of carbonyl (C=O) groups excluding carboxylic acids is 1. The number of rotatable bonds is 10. The van der Waals surface area contributed by atoms with Crippen LogP contribution in [0.3, 0.4) is 0 Å². The van der Waals surface area contributed by atoms with Crippen LogP contribution in [0, 0.1) is 11.3 Å². The maximum Gasteiger partial charge on any atom is 0.227 e. The molecule has 0 aromatic heterocycles. The lowest BCUT2D eigenvalue weighted by Gasteiger charge is -2.30. The molecule has 0 aliphatic heterocycles. The second-order valence-corrected chi connectivity index (χ2v) is 5.78. The van der Waals surface area contributed by atoms with Crippen molar-refractivity contribution in [1.29, 1.82) is 0 Å². The van der Waals surface area contributed by atoms with E-state index in [1.807, 2.05) is 0 Å². The third kappa shape index (κ3) is 5.85. The van der Waals surface area contributed by atoms with Gasteiger partial charge in [0.1, 0.15) is 0 Å². The first-order valence-corrected chi connectivity index (χ1v) is 7.50. The lowest BCUT2D eigenvalue weighted by atomic mass is 9.78. The summed E-state index contributed by atoms with van der Waals surface area (Å²) in [5.41, 5.74) is 5.54. The molecule has 0 rings (SSSR count). The van der Waals surface area contributed by atoms with Gasteiger partial charge in [-0.3, -0.25) is 4.79 Å². The van der Waals surface area contributed by atoms with Gasteiger partial charge in [-0.2, -0.15) is 0 Å². The molecule has 0 radical (unpaired) electrons. The Labute approximate surface area is 113 Å². The van der Waals surface area contributed by atoms with Crippen molar-refractivity contribution in [2.45, 2.75) is 66.2 Å². The predicted molar refractivity (Wildman–Crippen MR) is 78.4 cm³/mol. The monoisotopic (exact) mass is 256 g/mol. The summed E-state index contributed by atoms with van der Waals surface area (Å²) < 4.78 is 0. The molecule has 0 aromatic carbocycles. The van der Waals surface area contributed by atoms with Gasteiger partial charge in [-0.05, 0) is 31.6 Å². The van der Waals surface area contributed by atoms with Crippen molar-refractivity contribution in [2.75, 3.05) is 13.1 Å². The van der Waals surface area contributed by atoms with Gasteiger partial charge in [0.25, 0.3) is 0 Å². The molecule has 0 fully saturated rings. The fraction of sp³-hybridized carbons (Fsp3) is 0.933. The van der Waals surface area contributed by atoms with Crippen LogP contribution in [-0.4, -0.2) is 19.0 Å². The van der Waals surface area contributed by atoms with Crippen LogP contribution in [0.2, 0.25) is 0 Å². The summed E-state index contributed by atoms with van der Waals surface area (Å²) in [6.07, 6.45) is 6.04. The molecule has 3 heteroatoms. The zero-order valence-electron chi connectivity index (χ0n) is 12.7. The molecule has 0 spiro atoms. The maximum atomic E-state index is 12.3. The van der Waals surface area contributed by atoms with Crippen molar-refractivity contribution >= 4 is 5.91 Å². The zero-order valence-corrected chi connectivity index (χ0v) is 12.7. The third-order valence-corrected chi connectivity index (χ3v) is 3.57. The Morgan fingerprint density at radius 1 is 1.22 bits per heavy atom. The van der Waals surface area contributed by atoms with Crippen LogP contribution in [0.15, 0.2) is 0 Å². The van der Waals surface area contributed by atoms with E-state index in [9.17, 15) is 4.79 Å². The van der Waals surface area contributed by atoms with Crippen molar-refractivity contribution in [1.82, 2.24) is 5.32 Å². The minimum atomic E-state index is -0.332. The molecule has 3 nitrogen and oxygen atoms in total. The van der Waals surface area contributed by atoms with E-state index in [-0.39, 0.29) is 11.3 Å². The summed E-state index contributed by atoms with van der Waals surface area (Å²) in [4.78, 5) is 12.3. The van der Waals surface area contributed by atoms with E-state index in [4.69, 9.17) is 5.73 Å². The molecule has 1 amide bonds. The van der Waals surface area contributed by atoms with Crippen LogP contribution in [0.25, 0.3) is 0 Å². The van der Waals surface area contributed by atoms with Crippen LogP contribution in [-0.2, 0) is 4.79 Å². The van der Waals surface area contributed by atoms with Crippen LogP contribution >= 0.6 is 0 Å². The SMILES string of the molecule is CCCC(CN)(CCC)C(=O)NCCCC(C)C. The number of nitrogens with two attached hydrogens (primary N) is 1. The van der Waals surface area contributed by atoms with Crippen molar-refractivity contribution in [3.05, 3.63) is 0 Å². The number of amides is 1. The molecule has 0 aliphatic carbocycles. The Hall–Kier alpha value is -0.570. The summed E-state index contributed by atoms with van der Waals surface area (Å²) in [5, 5.41) is 3.08. The molecule has 0 unspecified atom stereocenters. The highest BCUT2D eigenvalue weighted by Gasteiger charge is 2.34. The van der Waals surface area contributed by atoms with E-state index < -0.39 is 0 Å². The second kappa shape index (κ2) is 9.37. The minimum absolute atomic E-state index is 0.164. The van der Waals surface area contributed by atoms with E-state index >= 15 is 0 Å². The van der Waals surface area contributed by atoms with E-state index in [2.05, 4.69) is 33.0 Å². The van der Waals surface area contributed by atoms with Crippen LogP contribution in [0.4, 0.5) is 0 Å². The molecule has 0 saturated heterocycles. The molecule has 0 heterocycles. The Kier molecular flexibility index (Phi) is 9.08. The van der Waals surface area contributed by atoms with Gasteiger partial charge < -0.3 is 11.1 Å². The van der Waals surface area contributed by atoms with E-state index in [0.29, 0.717) is 12.5 Å². The largest absolute Gasteiger partial charge is 0.356 e. The van der Waals surface area contributed by atoms with Gasteiger partial charge in [-0.1, -0.05) is 40.5 Å². The number of carbonyl (C=O) groups is 1. The second-order valence-electron chi connectivity index (χ2n) is 5.78. The van der Waals surface area contributed by atoms with Gasteiger partial charge in [0.2, 0.25) is 5.91 Å². The summed E-state index contributed by atoms with van der Waals surface area (Å²) in [6.45, 7) is 9.90. The zero-order chi connectivity index (χ0) is 14.0. The Balaban J connectivity index is 4.28. The summed E-state index contributed by atoms with van der Waals surface area (Å²) in [5.74, 6) is 0.866. The van der Waals surface area contributed by atoms with Gasteiger partial charge in [0, 0.05) is 13.1 Å². The van der Waals surface area contributed by atoms with Crippen LogP contribution < -0.4 is 11.1 Å². The number of hydrogen-bond acceptors (Lipinski definition) is 2. The lowest BCUT2D eigenvalue weighted by molar-refractivity contribution is -0.131. The van der Waals surface area contributed by atoms with Gasteiger partial charge in [-0.15, -0.1) is 0 Å². The van der Waals surface area contributed by atoms with Crippen molar-refractivity contribution < 1.29 is 4.79 Å². The van der Waals surface area contributed by atoms with Gasteiger partial charge in [0.05, 0.1) is 5.41 Å². The molecule has 3 N–H and O–H groups in total. The number of hydrogen-bond donors (Lipinski definition) is 2. The average Bonchev–Trinajstić information content (AvgIpc) is 2.33. The topological polar surface area (TPSA) is 55.1 Å². The quantitative estimate of drug-likeness (QED) is 0.590. The van der Waals surface area contributed by atoms with E-state index in [1.165, 1.54) is 0 Å². The Bertz CT molecular complexity index is 221. The minimum Gasteiger partial charge on any atom is -0.356 e. The summed E-state index contributed by atoms with van der Waals surface area (Å²) in [6, 6.07) is 0. The first-order valence-electron chi connectivity index (χ1n) is 7.50. The smallest absolute Gasteiger partial charge is 0.227 e. The first kappa shape index (κ1) is 17.4. The molecule has 0 bridgehead atoms. The van der Waals surface area contributed by atoms with Crippen LogP contribution in [0.5, 0.6) is 0 Å². The normalized spacial score (nSPS) is 11.9. The highest BCUT2D eigenvalue weighted by atomic mass is 16.2. The summed E-state index contributed by atoms with van der Waals surface area (Å²) >= 11 is 0. The molecule has 0 aliphatic rings. The molecule has 18 heavy (non-hydrogen) atoms. The predicted octanol–water partition coefficient (Wildman–Crippen LogP) is 3.08. The van der Waals surface area contributed by atoms with Gasteiger partial charge in [0.15, 0.2) is 0 Å². The molecule has 108 valence electrons. The third-order valence-electron chi connectivity index (χ3n) is 3.57.